The van der Waals surface area contributed by atoms with Crippen LogP contribution in [0.3, 0.4) is 0 Å². The first-order valence-electron chi connectivity index (χ1n) is 17.8. The fraction of sp³-hybridized carbons (Fsp3) is 0.474. The van der Waals surface area contributed by atoms with Crippen molar-refractivity contribution in [3.63, 3.8) is 0 Å². The smallest absolute Gasteiger partial charge is 0.240 e. The van der Waals surface area contributed by atoms with Gasteiger partial charge in [-0.15, -0.1) is 0 Å². The van der Waals surface area contributed by atoms with Gasteiger partial charge in [0.15, 0.2) is 0 Å². The molecule has 12 heteroatoms. The van der Waals surface area contributed by atoms with Crippen molar-refractivity contribution < 1.29 is 9.59 Å². The van der Waals surface area contributed by atoms with Crippen LogP contribution in [-0.2, 0) is 9.59 Å². The number of carbonyl (C=O) groups excluding carboxylic acids is 2. The number of aromatic nitrogens is 4. The summed E-state index contributed by atoms with van der Waals surface area (Å²) in [6.45, 7) is 2.96. The van der Waals surface area contributed by atoms with Crippen molar-refractivity contribution in [3.8, 4) is 33.6 Å². The van der Waals surface area contributed by atoms with Crippen LogP contribution in [0.2, 0.25) is 0 Å². The third-order valence-electron chi connectivity index (χ3n) is 10.0. The highest BCUT2D eigenvalue weighted by Crippen LogP contribution is 2.34. The normalized spacial score (nSPS) is 19.1. The van der Waals surface area contributed by atoms with Crippen molar-refractivity contribution in [2.24, 2.45) is 11.5 Å². The van der Waals surface area contributed by atoms with E-state index in [4.69, 9.17) is 11.5 Å². The van der Waals surface area contributed by atoms with Gasteiger partial charge in [-0.1, -0.05) is 48.5 Å². The first-order chi connectivity index (χ1) is 24.1. The van der Waals surface area contributed by atoms with E-state index < -0.39 is 12.1 Å². The highest BCUT2D eigenvalue weighted by molar-refractivity contribution is 5.83. The number of nitrogens with one attached hydrogen (secondary N) is 2. The molecule has 2 amide bonds. The number of nitrogens with two attached hydrogens (primary N) is 2. The van der Waals surface area contributed by atoms with Gasteiger partial charge in [-0.05, 0) is 102 Å². The molecule has 2 fully saturated rings. The lowest BCUT2D eigenvalue weighted by atomic mass is 10.0. The summed E-state index contributed by atoms with van der Waals surface area (Å²) in [7, 11) is 7.95. The predicted octanol–water partition coefficient (Wildman–Crippen LogP) is 4.02. The third-order valence-corrected chi connectivity index (χ3v) is 10.0. The molecule has 0 radical (unpaired) electrons. The lowest BCUT2D eigenvalue weighted by Gasteiger charge is -2.26. The van der Waals surface area contributed by atoms with Crippen LogP contribution in [0, 0.1) is 0 Å². The summed E-state index contributed by atoms with van der Waals surface area (Å²) in [5.41, 5.74) is 18.7. The molecule has 2 aliphatic rings. The summed E-state index contributed by atoms with van der Waals surface area (Å²) in [4.78, 5) is 50.5. The molecule has 50 heavy (non-hydrogen) atoms. The SMILES string of the molecule is CN(C)CC[C@H](N)C(=O)N1CCC[C@H]1c1ncc(-c2ccc(-c3ccc(-c4cnc([C@@H]5CCCN5C(=O)[C@@H](N)CCN(C)C)[nH]4)cc3)cc2)[nH]1. The van der Waals surface area contributed by atoms with Gasteiger partial charge in [0.2, 0.25) is 11.8 Å². The molecule has 2 saturated heterocycles. The zero-order valence-electron chi connectivity index (χ0n) is 29.8. The van der Waals surface area contributed by atoms with Crippen LogP contribution in [0.25, 0.3) is 33.6 Å². The van der Waals surface area contributed by atoms with E-state index in [9.17, 15) is 9.59 Å². The molecule has 6 N–H and O–H groups in total. The molecule has 4 heterocycles. The average Bonchev–Trinajstić information content (AvgIpc) is 3.95. The summed E-state index contributed by atoms with van der Waals surface area (Å²) in [6, 6.07) is 15.7. The topological polar surface area (TPSA) is 156 Å². The number of hydrogen-bond acceptors (Lipinski definition) is 8. The average molecular weight is 681 g/mol. The zero-order valence-corrected chi connectivity index (χ0v) is 29.8. The molecule has 0 bridgehead atoms. The molecular weight excluding hydrogens is 628 g/mol. The van der Waals surface area contributed by atoms with Crippen LogP contribution in [0.5, 0.6) is 0 Å². The minimum Gasteiger partial charge on any atom is -0.340 e. The summed E-state index contributed by atoms with van der Waals surface area (Å²) >= 11 is 0. The van der Waals surface area contributed by atoms with Crippen LogP contribution in [0.15, 0.2) is 60.9 Å². The lowest BCUT2D eigenvalue weighted by Crippen LogP contribution is -2.44. The molecule has 2 aliphatic heterocycles. The summed E-state index contributed by atoms with van der Waals surface area (Å²) in [5.74, 6) is 1.62. The number of rotatable bonds is 13. The maximum absolute atomic E-state index is 13.2. The monoisotopic (exact) mass is 680 g/mol. The van der Waals surface area contributed by atoms with Crippen molar-refractivity contribution in [3.05, 3.63) is 72.6 Å². The van der Waals surface area contributed by atoms with Gasteiger partial charge < -0.3 is 41.0 Å². The van der Waals surface area contributed by atoms with E-state index in [2.05, 4.69) is 68.5 Å². The number of benzene rings is 2. The molecule has 0 saturated carbocycles. The highest BCUT2D eigenvalue weighted by atomic mass is 16.2. The minimum absolute atomic E-state index is 0.000516. The molecule has 0 aliphatic carbocycles. The maximum atomic E-state index is 13.2. The van der Waals surface area contributed by atoms with E-state index >= 15 is 0 Å². The van der Waals surface area contributed by atoms with Crippen molar-refractivity contribution in [1.29, 1.82) is 0 Å². The largest absolute Gasteiger partial charge is 0.340 e. The molecule has 4 aromatic rings. The third kappa shape index (κ3) is 7.99. The van der Waals surface area contributed by atoms with Gasteiger partial charge in [-0.25, -0.2) is 9.97 Å². The second-order valence-corrected chi connectivity index (χ2v) is 14.3. The van der Waals surface area contributed by atoms with E-state index in [0.29, 0.717) is 25.9 Å². The number of H-pyrrole nitrogens is 2. The summed E-state index contributed by atoms with van der Waals surface area (Å²) < 4.78 is 0. The van der Waals surface area contributed by atoms with Crippen molar-refractivity contribution in [2.75, 3.05) is 54.4 Å². The van der Waals surface area contributed by atoms with E-state index in [0.717, 1.165) is 84.1 Å². The Bertz CT molecular complexity index is 1600. The molecule has 0 spiro atoms. The van der Waals surface area contributed by atoms with Gasteiger partial charge in [-0.2, -0.15) is 0 Å². The molecule has 4 atom stereocenters. The number of imidazole rings is 2. The van der Waals surface area contributed by atoms with E-state index in [1.54, 1.807) is 0 Å². The predicted molar refractivity (Wildman–Crippen MR) is 197 cm³/mol. The van der Waals surface area contributed by atoms with Crippen molar-refractivity contribution in [1.82, 2.24) is 39.5 Å². The van der Waals surface area contributed by atoms with Crippen LogP contribution < -0.4 is 11.5 Å². The van der Waals surface area contributed by atoms with Gasteiger partial charge in [0, 0.05) is 13.1 Å². The Morgan fingerprint density at radius 3 is 1.40 bits per heavy atom. The Kier molecular flexibility index (Phi) is 11.1. The number of amides is 2. The first-order valence-corrected chi connectivity index (χ1v) is 17.8. The van der Waals surface area contributed by atoms with Crippen LogP contribution in [0.4, 0.5) is 0 Å². The summed E-state index contributed by atoms with van der Waals surface area (Å²) in [6.07, 6.45) is 8.60. The number of nitrogens with zero attached hydrogens (tertiary/aromatic N) is 6. The minimum atomic E-state index is -0.506. The van der Waals surface area contributed by atoms with Crippen LogP contribution in [0.1, 0.15) is 62.3 Å². The summed E-state index contributed by atoms with van der Waals surface area (Å²) in [5, 5.41) is 0. The van der Waals surface area contributed by atoms with E-state index in [1.165, 1.54) is 0 Å². The Morgan fingerprint density at radius 1 is 0.680 bits per heavy atom. The molecular formula is C38H52N10O2. The van der Waals surface area contributed by atoms with E-state index in [-0.39, 0.29) is 23.9 Å². The first kappa shape index (κ1) is 35.5. The molecule has 2 aromatic carbocycles. The van der Waals surface area contributed by atoms with Gasteiger partial charge in [-0.3, -0.25) is 9.59 Å². The molecule has 6 rings (SSSR count). The molecule has 12 nitrogen and oxygen atoms in total. The molecule has 2 aromatic heterocycles. The lowest BCUT2D eigenvalue weighted by molar-refractivity contribution is -0.134. The number of carbonyl (C=O) groups is 2. The van der Waals surface area contributed by atoms with Gasteiger partial charge in [0.25, 0.3) is 0 Å². The van der Waals surface area contributed by atoms with Gasteiger partial charge >= 0.3 is 0 Å². The fourth-order valence-corrected chi connectivity index (χ4v) is 7.09. The Balaban J connectivity index is 1.08. The van der Waals surface area contributed by atoms with Crippen molar-refractivity contribution >= 4 is 11.8 Å². The van der Waals surface area contributed by atoms with Crippen molar-refractivity contribution in [2.45, 2.75) is 62.7 Å². The standard InChI is InChI=1S/C38H52N10O2/c1-45(2)21-17-29(39)37(49)47-19-5-7-33(47)35-41-23-31(43-35)27-13-9-25(10-14-27)26-11-15-28(16-12-26)32-24-42-36(44-32)34-8-6-20-48(34)38(50)30(40)18-22-46(3)4/h9-16,23-24,29-30,33-34H,5-8,17-22,39-40H2,1-4H3,(H,41,43)(H,42,44)/t29-,30-,33-,34-/m0/s1. The number of hydrogen-bond donors (Lipinski definition) is 4. The fourth-order valence-electron chi connectivity index (χ4n) is 7.09. The Morgan fingerprint density at radius 2 is 1.04 bits per heavy atom. The highest BCUT2D eigenvalue weighted by Gasteiger charge is 2.35. The number of likely N-dealkylation sites (tertiary alicyclic amines) is 2. The number of aromatic amines is 2. The second kappa shape index (κ2) is 15.7. The second-order valence-electron chi connectivity index (χ2n) is 14.3. The zero-order chi connectivity index (χ0) is 35.4. The van der Waals surface area contributed by atoms with Gasteiger partial charge in [0.05, 0.1) is 47.9 Å². The quantitative estimate of drug-likeness (QED) is 0.165. The Hall–Kier alpha value is -4.36. The van der Waals surface area contributed by atoms with Crippen LogP contribution >= 0.6 is 0 Å². The molecule has 266 valence electrons. The van der Waals surface area contributed by atoms with E-state index in [1.807, 2.05) is 60.2 Å². The van der Waals surface area contributed by atoms with Crippen LogP contribution in [-0.4, -0.2) is 118 Å². The Labute approximate surface area is 295 Å². The van der Waals surface area contributed by atoms with Gasteiger partial charge in [0.1, 0.15) is 11.6 Å². The maximum Gasteiger partial charge on any atom is 0.240 e. The molecule has 0 unspecified atom stereocenters.